The average Bonchev–Trinajstić information content (AvgIpc) is 2.79. The van der Waals surface area contributed by atoms with Crippen LogP contribution >= 0.6 is 0 Å². The van der Waals surface area contributed by atoms with E-state index >= 15 is 0 Å². The quantitative estimate of drug-likeness (QED) is 0.780. The fourth-order valence-electron chi connectivity index (χ4n) is 3.31. The van der Waals surface area contributed by atoms with Crippen molar-refractivity contribution >= 4 is 21.9 Å². The van der Waals surface area contributed by atoms with Crippen LogP contribution in [0.3, 0.4) is 0 Å². The van der Waals surface area contributed by atoms with Crippen molar-refractivity contribution < 1.29 is 23.1 Å². The number of rotatable bonds is 3. The molecule has 1 aliphatic carbocycles. The Kier molecular flexibility index (Phi) is 4.57. The first-order valence-corrected chi connectivity index (χ1v) is 9.01. The van der Waals surface area contributed by atoms with Gasteiger partial charge in [0.1, 0.15) is 0 Å². The van der Waals surface area contributed by atoms with Crippen molar-refractivity contribution in [1.82, 2.24) is 9.21 Å². The van der Waals surface area contributed by atoms with Crippen molar-refractivity contribution in [3.8, 4) is 0 Å². The third-order valence-electron chi connectivity index (χ3n) is 4.45. The van der Waals surface area contributed by atoms with Gasteiger partial charge in [-0.1, -0.05) is 6.92 Å². The number of hydrogen-bond donors (Lipinski definition) is 1. The molecule has 0 spiro atoms. The van der Waals surface area contributed by atoms with Gasteiger partial charge in [-0.2, -0.15) is 4.31 Å². The second-order valence-corrected chi connectivity index (χ2v) is 8.10. The third-order valence-corrected chi connectivity index (χ3v) is 5.76. The minimum absolute atomic E-state index is 0.139. The van der Waals surface area contributed by atoms with E-state index in [1.165, 1.54) is 4.31 Å². The molecule has 21 heavy (non-hydrogen) atoms. The molecule has 1 amide bonds. The van der Waals surface area contributed by atoms with Crippen LogP contribution in [-0.2, 0) is 19.6 Å². The normalized spacial score (nSPS) is 31.3. The van der Waals surface area contributed by atoms with E-state index in [9.17, 15) is 23.1 Å². The monoisotopic (exact) mass is 318 g/mol. The van der Waals surface area contributed by atoms with Crippen molar-refractivity contribution in [3.05, 3.63) is 0 Å². The van der Waals surface area contributed by atoms with E-state index in [0.29, 0.717) is 25.9 Å². The second kappa shape index (κ2) is 5.92. The SMILES string of the molecule is CC1CC(C(=O)O)C(C(=O)N2CCN(S(C)(=O)=O)CC2)C1. The summed E-state index contributed by atoms with van der Waals surface area (Å²) in [4.78, 5) is 25.4. The van der Waals surface area contributed by atoms with Gasteiger partial charge < -0.3 is 10.0 Å². The molecule has 1 saturated carbocycles. The Bertz CT molecular complexity index is 525. The van der Waals surface area contributed by atoms with Gasteiger partial charge in [0, 0.05) is 26.2 Å². The summed E-state index contributed by atoms with van der Waals surface area (Å²) in [5, 5.41) is 9.24. The van der Waals surface area contributed by atoms with Crippen molar-refractivity contribution in [2.45, 2.75) is 19.8 Å². The lowest BCUT2D eigenvalue weighted by atomic mass is 9.94. The summed E-state index contributed by atoms with van der Waals surface area (Å²) in [5.74, 6) is -1.90. The highest BCUT2D eigenvalue weighted by molar-refractivity contribution is 7.88. The lowest BCUT2D eigenvalue weighted by Crippen LogP contribution is -2.52. The lowest BCUT2D eigenvalue weighted by molar-refractivity contribution is -0.149. The molecule has 7 nitrogen and oxygen atoms in total. The van der Waals surface area contributed by atoms with Crippen LogP contribution in [0.15, 0.2) is 0 Å². The molecule has 3 unspecified atom stereocenters. The Labute approximate surface area is 125 Å². The Morgan fingerprint density at radius 1 is 1.05 bits per heavy atom. The number of piperazine rings is 1. The topological polar surface area (TPSA) is 95.0 Å². The number of carbonyl (C=O) groups excluding carboxylic acids is 1. The number of hydrogen-bond acceptors (Lipinski definition) is 4. The van der Waals surface area contributed by atoms with Crippen LogP contribution in [0.2, 0.25) is 0 Å². The average molecular weight is 318 g/mol. The number of sulfonamides is 1. The van der Waals surface area contributed by atoms with Crippen LogP contribution in [0, 0.1) is 17.8 Å². The number of carboxylic acid groups (broad SMARTS) is 1. The minimum Gasteiger partial charge on any atom is -0.481 e. The van der Waals surface area contributed by atoms with E-state index in [2.05, 4.69) is 0 Å². The molecular weight excluding hydrogens is 296 g/mol. The summed E-state index contributed by atoms with van der Waals surface area (Å²) in [5.41, 5.74) is 0. The molecule has 1 N–H and O–H groups in total. The van der Waals surface area contributed by atoms with E-state index in [1.54, 1.807) is 4.90 Å². The zero-order valence-electron chi connectivity index (χ0n) is 12.4. The van der Waals surface area contributed by atoms with Crippen LogP contribution in [0.1, 0.15) is 19.8 Å². The van der Waals surface area contributed by atoms with E-state index < -0.39 is 27.8 Å². The molecule has 8 heteroatoms. The molecule has 0 aromatic heterocycles. The number of carboxylic acids is 1. The Morgan fingerprint density at radius 2 is 1.57 bits per heavy atom. The molecular formula is C13H22N2O5S. The first-order valence-electron chi connectivity index (χ1n) is 7.17. The van der Waals surface area contributed by atoms with Crippen LogP contribution in [0.25, 0.3) is 0 Å². The van der Waals surface area contributed by atoms with Crippen molar-refractivity contribution in [2.24, 2.45) is 17.8 Å². The zero-order chi connectivity index (χ0) is 15.8. The fourth-order valence-corrected chi connectivity index (χ4v) is 4.14. The molecule has 2 aliphatic rings. The zero-order valence-corrected chi connectivity index (χ0v) is 13.2. The molecule has 1 aliphatic heterocycles. The summed E-state index contributed by atoms with van der Waals surface area (Å²) in [6, 6.07) is 0. The minimum atomic E-state index is -3.23. The summed E-state index contributed by atoms with van der Waals surface area (Å²) in [7, 11) is -3.23. The van der Waals surface area contributed by atoms with Gasteiger partial charge in [0.25, 0.3) is 0 Å². The molecule has 0 aromatic rings. The number of nitrogens with zero attached hydrogens (tertiary/aromatic N) is 2. The van der Waals surface area contributed by atoms with Crippen molar-refractivity contribution in [1.29, 1.82) is 0 Å². The first-order chi connectivity index (χ1) is 9.70. The number of aliphatic carboxylic acids is 1. The fraction of sp³-hybridized carbons (Fsp3) is 0.846. The van der Waals surface area contributed by atoms with Gasteiger partial charge in [0.2, 0.25) is 15.9 Å². The third kappa shape index (κ3) is 3.55. The molecule has 2 rings (SSSR count). The highest BCUT2D eigenvalue weighted by atomic mass is 32.2. The summed E-state index contributed by atoms with van der Waals surface area (Å²) < 4.78 is 24.2. The molecule has 0 bridgehead atoms. The second-order valence-electron chi connectivity index (χ2n) is 6.12. The first kappa shape index (κ1) is 16.2. The van der Waals surface area contributed by atoms with Crippen molar-refractivity contribution in [3.63, 3.8) is 0 Å². The van der Waals surface area contributed by atoms with E-state index in [-0.39, 0.29) is 24.9 Å². The maximum Gasteiger partial charge on any atom is 0.307 e. The van der Waals surface area contributed by atoms with Crippen LogP contribution < -0.4 is 0 Å². The Morgan fingerprint density at radius 3 is 2.05 bits per heavy atom. The molecule has 1 heterocycles. The summed E-state index contributed by atoms with van der Waals surface area (Å²) in [6.45, 7) is 3.20. The van der Waals surface area contributed by atoms with Crippen LogP contribution in [0.4, 0.5) is 0 Å². The van der Waals surface area contributed by atoms with Crippen molar-refractivity contribution in [2.75, 3.05) is 32.4 Å². The van der Waals surface area contributed by atoms with Gasteiger partial charge in [0.05, 0.1) is 18.1 Å². The van der Waals surface area contributed by atoms with E-state index in [4.69, 9.17) is 0 Å². The predicted molar refractivity (Wildman–Crippen MR) is 76.0 cm³/mol. The standard InChI is InChI=1S/C13H22N2O5S/c1-9-7-10(11(8-9)13(17)18)12(16)14-3-5-15(6-4-14)21(2,19)20/h9-11H,3-8H2,1-2H3,(H,17,18). The van der Waals surface area contributed by atoms with E-state index in [1.807, 2.05) is 6.92 Å². The van der Waals surface area contributed by atoms with Crippen LogP contribution in [0.5, 0.6) is 0 Å². The van der Waals surface area contributed by atoms with Gasteiger partial charge in [-0.3, -0.25) is 9.59 Å². The lowest BCUT2D eigenvalue weighted by Gasteiger charge is -2.35. The smallest absolute Gasteiger partial charge is 0.307 e. The van der Waals surface area contributed by atoms with Gasteiger partial charge in [-0.05, 0) is 18.8 Å². The van der Waals surface area contributed by atoms with Gasteiger partial charge in [-0.25, -0.2) is 8.42 Å². The number of amides is 1. The summed E-state index contributed by atoms with van der Waals surface area (Å²) in [6.07, 6.45) is 2.29. The Balaban J connectivity index is 2.00. The highest BCUT2D eigenvalue weighted by Crippen LogP contribution is 2.37. The van der Waals surface area contributed by atoms with Crippen LogP contribution in [-0.4, -0.2) is 67.0 Å². The molecule has 0 radical (unpaired) electrons. The molecule has 0 aromatic carbocycles. The van der Waals surface area contributed by atoms with Gasteiger partial charge >= 0.3 is 5.97 Å². The van der Waals surface area contributed by atoms with E-state index in [0.717, 1.165) is 6.26 Å². The molecule has 3 atom stereocenters. The van der Waals surface area contributed by atoms with Gasteiger partial charge in [0.15, 0.2) is 0 Å². The maximum atomic E-state index is 12.5. The van der Waals surface area contributed by atoms with Gasteiger partial charge in [-0.15, -0.1) is 0 Å². The number of carbonyl (C=O) groups is 2. The highest BCUT2D eigenvalue weighted by Gasteiger charge is 2.43. The predicted octanol–water partition coefficient (Wildman–Crippen LogP) is -0.163. The Hall–Kier alpha value is -1.15. The molecule has 2 fully saturated rings. The molecule has 120 valence electrons. The molecule has 1 saturated heterocycles. The largest absolute Gasteiger partial charge is 0.481 e. The maximum absolute atomic E-state index is 12.5. The summed E-state index contributed by atoms with van der Waals surface area (Å²) >= 11 is 0.